The highest BCUT2D eigenvalue weighted by molar-refractivity contribution is 6.32. The molecular formula is C13H11ClN6O3. The van der Waals surface area contributed by atoms with Crippen molar-refractivity contribution < 1.29 is 9.72 Å². The third kappa shape index (κ3) is 4.45. The first-order valence-corrected chi connectivity index (χ1v) is 6.69. The molecule has 0 aliphatic carbocycles. The number of nitrogens with one attached hydrogen (secondary N) is 1. The van der Waals surface area contributed by atoms with Crippen LogP contribution in [0, 0.1) is 10.1 Å². The van der Waals surface area contributed by atoms with E-state index in [1.165, 1.54) is 29.1 Å². The third-order valence-electron chi connectivity index (χ3n) is 2.57. The summed E-state index contributed by atoms with van der Waals surface area (Å²) in [6.07, 6.45) is 4.19. The lowest BCUT2D eigenvalue weighted by Crippen LogP contribution is -2.09. The third-order valence-corrected chi connectivity index (χ3v) is 2.89. The highest BCUT2D eigenvalue weighted by Gasteiger charge is 2.12. The molecular weight excluding hydrogens is 324 g/mol. The van der Waals surface area contributed by atoms with E-state index < -0.39 is 10.8 Å². The molecule has 0 radical (unpaired) electrons. The molecule has 9 nitrogen and oxygen atoms in total. The standard InChI is InChI=1S/C13H11ClN6O3/c1-2-7-19-17-13(16-18-19)15-12(21)6-4-9-3-5-10(14)11(8-9)20(22)23/h2-6,8H,1,7H2,(H,15,17,21)/b6-4+. The smallest absolute Gasteiger partial charge is 0.288 e. The van der Waals surface area contributed by atoms with Gasteiger partial charge in [-0.25, -0.2) is 0 Å². The Bertz CT molecular complexity index is 786. The number of hydrogen-bond acceptors (Lipinski definition) is 6. The molecule has 0 bridgehead atoms. The molecule has 1 aromatic heterocycles. The predicted octanol–water partition coefficient (Wildman–Crippen LogP) is 2.07. The molecule has 2 rings (SSSR count). The maximum absolute atomic E-state index is 11.7. The number of anilines is 1. The van der Waals surface area contributed by atoms with Crippen molar-refractivity contribution in [3.63, 3.8) is 0 Å². The molecule has 23 heavy (non-hydrogen) atoms. The zero-order chi connectivity index (χ0) is 16.8. The maximum Gasteiger partial charge on any atom is 0.288 e. The summed E-state index contributed by atoms with van der Waals surface area (Å²) in [6.45, 7) is 3.90. The second-order valence-corrected chi connectivity index (χ2v) is 4.65. The van der Waals surface area contributed by atoms with Gasteiger partial charge in [-0.2, -0.15) is 4.80 Å². The lowest BCUT2D eigenvalue weighted by Gasteiger charge is -1.97. The van der Waals surface area contributed by atoms with Gasteiger partial charge < -0.3 is 0 Å². The molecule has 0 saturated heterocycles. The molecule has 1 amide bonds. The minimum absolute atomic E-state index is 0.0274. The molecule has 0 spiro atoms. The number of hydrogen-bond donors (Lipinski definition) is 1. The lowest BCUT2D eigenvalue weighted by molar-refractivity contribution is -0.384. The summed E-state index contributed by atoms with van der Waals surface area (Å²) < 4.78 is 0. The van der Waals surface area contributed by atoms with Crippen LogP contribution in [-0.2, 0) is 11.3 Å². The van der Waals surface area contributed by atoms with Crippen LogP contribution in [0.5, 0.6) is 0 Å². The molecule has 0 saturated carbocycles. The number of aromatic nitrogens is 4. The van der Waals surface area contributed by atoms with Gasteiger partial charge in [0.15, 0.2) is 0 Å². The van der Waals surface area contributed by atoms with Crippen molar-refractivity contribution in [2.24, 2.45) is 0 Å². The number of nitrogens with zero attached hydrogens (tertiary/aromatic N) is 5. The zero-order valence-electron chi connectivity index (χ0n) is 11.7. The van der Waals surface area contributed by atoms with Gasteiger partial charge in [-0.05, 0) is 22.9 Å². The van der Waals surface area contributed by atoms with Crippen LogP contribution in [0.2, 0.25) is 5.02 Å². The first kappa shape index (κ1) is 16.3. The predicted molar refractivity (Wildman–Crippen MR) is 83.8 cm³/mol. The Morgan fingerprint density at radius 2 is 2.30 bits per heavy atom. The molecule has 0 atom stereocenters. The first-order chi connectivity index (χ1) is 11.0. The van der Waals surface area contributed by atoms with Crippen molar-refractivity contribution in [1.29, 1.82) is 0 Å². The van der Waals surface area contributed by atoms with E-state index >= 15 is 0 Å². The van der Waals surface area contributed by atoms with Gasteiger partial charge in [0.25, 0.3) is 17.5 Å². The number of nitro groups is 1. The maximum atomic E-state index is 11.7. The summed E-state index contributed by atoms with van der Waals surface area (Å²) in [6, 6.07) is 4.21. The van der Waals surface area contributed by atoms with Gasteiger partial charge in [0, 0.05) is 12.1 Å². The largest absolute Gasteiger partial charge is 0.288 e. The fraction of sp³-hybridized carbons (Fsp3) is 0.0769. The number of allylic oxidation sites excluding steroid dienone is 1. The van der Waals surface area contributed by atoms with E-state index in [1.807, 2.05) is 0 Å². The highest BCUT2D eigenvalue weighted by Crippen LogP contribution is 2.25. The number of benzene rings is 1. The summed E-state index contributed by atoms with van der Waals surface area (Å²) in [5.41, 5.74) is 0.225. The van der Waals surface area contributed by atoms with Gasteiger partial charge in [0.2, 0.25) is 0 Å². The van der Waals surface area contributed by atoms with Crippen LogP contribution in [0.25, 0.3) is 6.08 Å². The summed E-state index contributed by atoms with van der Waals surface area (Å²) in [7, 11) is 0. The molecule has 0 aliphatic heterocycles. The van der Waals surface area contributed by atoms with Gasteiger partial charge in [-0.15, -0.1) is 11.7 Å². The Labute approximate surface area is 135 Å². The van der Waals surface area contributed by atoms with E-state index in [0.29, 0.717) is 12.1 Å². The Morgan fingerprint density at radius 3 is 3.00 bits per heavy atom. The van der Waals surface area contributed by atoms with Crippen molar-refractivity contribution in [2.75, 3.05) is 5.32 Å². The fourth-order valence-corrected chi connectivity index (χ4v) is 1.77. The van der Waals surface area contributed by atoms with Crippen LogP contribution in [0.1, 0.15) is 5.56 Å². The van der Waals surface area contributed by atoms with Crippen LogP contribution in [0.4, 0.5) is 11.6 Å². The van der Waals surface area contributed by atoms with Crippen molar-refractivity contribution in [3.8, 4) is 0 Å². The summed E-state index contributed by atoms with van der Waals surface area (Å²) in [5, 5.41) is 24.5. The van der Waals surface area contributed by atoms with Gasteiger partial charge >= 0.3 is 0 Å². The number of amides is 1. The van der Waals surface area contributed by atoms with Gasteiger partial charge in [-0.3, -0.25) is 20.2 Å². The van der Waals surface area contributed by atoms with E-state index in [-0.39, 0.29) is 16.7 Å². The first-order valence-electron chi connectivity index (χ1n) is 6.31. The molecule has 10 heteroatoms. The molecule has 1 N–H and O–H groups in total. The van der Waals surface area contributed by atoms with E-state index in [0.717, 1.165) is 0 Å². The number of tetrazole rings is 1. The number of nitro benzene ring substituents is 1. The topological polar surface area (TPSA) is 116 Å². The average molecular weight is 335 g/mol. The second-order valence-electron chi connectivity index (χ2n) is 4.25. The number of halogens is 1. The summed E-state index contributed by atoms with van der Waals surface area (Å²) in [4.78, 5) is 23.2. The van der Waals surface area contributed by atoms with Crippen molar-refractivity contribution in [3.05, 3.63) is 57.6 Å². The van der Waals surface area contributed by atoms with Crippen molar-refractivity contribution in [2.45, 2.75) is 6.54 Å². The molecule has 0 unspecified atom stereocenters. The van der Waals surface area contributed by atoms with Gasteiger partial charge in [-0.1, -0.05) is 28.8 Å². The average Bonchev–Trinajstić information content (AvgIpc) is 2.93. The summed E-state index contributed by atoms with van der Waals surface area (Å²) in [5.74, 6) is -0.454. The van der Waals surface area contributed by atoms with E-state index in [9.17, 15) is 14.9 Å². The second kappa shape index (κ2) is 7.27. The molecule has 2 aromatic rings. The van der Waals surface area contributed by atoms with E-state index in [1.54, 1.807) is 12.1 Å². The Morgan fingerprint density at radius 1 is 1.52 bits per heavy atom. The van der Waals surface area contributed by atoms with Gasteiger partial charge in [0.05, 0.1) is 11.5 Å². The molecule has 0 fully saturated rings. The SMILES string of the molecule is C=CCn1nnc(NC(=O)/C=C/c2ccc(Cl)c([N+](=O)[O-])c2)n1. The minimum atomic E-state index is -0.596. The van der Waals surface area contributed by atoms with Crippen LogP contribution in [-0.4, -0.2) is 31.0 Å². The highest BCUT2D eigenvalue weighted by atomic mass is 35.5. The van der Waals surface area contributed by atoms with Crippen LogP contribution >= 0.6 is 11.6 Å². The van der Waals surface area contributed by atoms with E-state index in [2.05, 4.69) is 27.3 Å². The number of carbonyl (C=O) groups is 1. The van der Waals surface area contributed by atoms with Crippen LogP contribution in [0.15, 0.2) is 36.9 Å². The number of rotatable bonds is 6. The molecule has 1 heterocycles. The molecule has 1 aromatic carbocycles. The lowest BCUT2D eigenvalue weighted by atomic mass is 10.2. The quantitative estimate of drug-likeness (QED) is 0.374. The zero-order valence-corrected chi connectivity index (χ0v) is 12.5. The van der Waals surface area contributed by atoms with Crippen molar-refractivity contribution >= 4 is 35.2 Å². The van der Waals surface area contributed by atoms with E-state index in [4.69, 9.17) is 11.6 Å². The minimum Gasteiger partial charge on any atom is -0.288 e. The molecule has 118 valence electrons. The van der Waals surface area contributed by atoms with Gasteiger partial charge in [0.1, 0.15) is 5.02 Å². The van der Waals surface area contributed by atoms with Crippen molar-refractivity contribution in [1.82, 2.24) is 20.2 Å². The van der Waals surface area contributed by atoms with Crippen LogP contribution < -0.4 is 5.32 Å². The number of carbonyl (C=O) groups excluding carboxylic acids is 1. The summed E-state index contributed by atoms with van der Waals surface area (Å²) >= 11 is 5.71. The monoisotopic (exact) mass is 334 g/mol. The fourth-order valence-electron chi connectivity index (χ4n) is 1.58. The molecule has 0 aliphatic rings. The Kier molecular flexibility index (Phi) is 5.15. The Balaban J connectivity index is 2.04. The Hall–Kier alpha value is -3.07. The van der Waals surface area contributed by atoms with Crippen LogP contribution in [0.3, 0.4) is 0 Å². The normalized spacial score (nSPS) is 10.7.